The van der Waals surface area contributed by atoms with Crippen molar-refractivity contribution < 1.29 is 22.4 Å². The van der Waals surface area contributed by atoms with Crippen molar-refractivity contribution in [1.29, 1.82) is 0 Å². The lowest BCUT2D eigenvalue weighted by Crippen LogP contribution is -2.17. The molecule has 3 aromatic carbocycles. The Morgan fingerprint density at radius 3 is 2.45 bits per heavy atom. The number of aryl methyl sites for hydroxylation is 2. The average molecular weight is 466 g/mol. The first-order valence-corrected chi connectivity index (χ1v) is 11.8. The zero-order chi connectivity index (χ0) is 23.6. The Morgan fingerprint density at radius 2 is 1.76 bits per heavy atom. The van der Waals surface area contributed by atoms with E-state index in [2.05, 4.69) is 15.0 Å². The van der Waals surface area contributed by atoms with E-state index in [9.17, 15) is 13.2 Å². The number of sulfonamides is 1. The number of anilines is 2. The number of rotatable bonds is 7. The SMILES string of the molecule is CCc1ccc(NS(=O)(=O)c2cc(C(=O)Nc3ccc4oc(C)nc4c3)ccc2OC)cc1. The van der Waals surface area contributed by atoms with Crippen LogP contribution >= 0.6 is 0 Å². The minimum absolute atomic E-state index is 0.128. The van der Waals surface area contributed by atoms with Gasteiger partial charge in [-0.25, -0.2) is 13.4 Å². The Hall–Kier alpha value is -3.85. The van der Waals surface area contributed by atoms with Crippen LogP contribution in [-0.2, 0) is 16.4 Å². The number of carbonyl (C=O) groups excluding carboxylic acids is 1. The minimum atomic E-state index is -4.01. The molecular formula is C24H23N3O5S. The molecule has 0 saturated heterocycles. The van der Waals surface area contributed by atoms with Gasteiger partial charge < -0.3 is 14.5 Å². The summed E-state index contributed by atoms with van der Waals surface area (Å²) in [6.45, 7) is 3.76. The fourth-order valence-corrected chi connectivity index (χ4v) is 4.62. The summed E-state index contributed by atoms with van der Waals surface area (Å²) < 4.78 is 39.4. The molecule has 0 radical (unpaired) electrons. The number of aromatic nitrogens is 1. The van der Waals surface area contributed by atoms with Gasteiger partial charge in [0.05, 0.1) is 7.11 Å². The molecule has 0 aliphatic heterocycles. The van der Waals surface area contributed by atoms with E-state index in [1.54, 1.807) is 37.3 Å². The molecule has 2 N–H and O–H groups in total. The van der Waals surface area contributed by atoms with Crippen LogP contribution in [0.4, 0.5) is 11.4 Å². The van der Waals surface area contributed by atoms with Crippen LogP contribution in [0.15, 0.2) is 70.0 Å². The fraction of sp³-hybridized carbons (Fsp3) is 0.167. The number of methoxy groups -OCH3 is 1. The van der Waals surface area contributed by atoms with Gasteiger partial charge in [0.15, 0.2) is 11.5 Å². The summed E-state index contributed by atoms with van der Waals surface area (Å²) in [6, 6.07) is 16.4. The number of oxazole rings is 1. The molecule has 170 valence electrons. The molecule has 4 aromatic rings. The van der Waals surface area contributed by atoms with E-state index in [1.807, 2.05) is 19.1 Å². The summed E-state index contributed by atoms with van der Waals surface area (Å²) in [5.41, 5.74) is 3.40. The summed E-state index contributed by atoms with van der Waals surface area (Å²) in [4.78, 5) is 17.0. The van der Waals surface area contributed by atoms with Crippen molar-refractivity contribution >= 4 is 38.4 Å². The highest BCUT2D eigenvalue weighted by molar-refractivity contribution is 7.92. The lowest BCUT2D eigenvalue weighted by molar-refractivity contribution is 0.102. The molecule has 1 amide bonds. The standard InChI is InChI=1S/C24H23N3O5S/c1-4-16-5-8-18(9-6-16)27-33(29,30)23-13-17(7-11-22(23)31-3)24(28)26-19-10-12-21-20(14-19)25-15(2)32-21/h5-14,27H,4H2,1-3H3,(H,26,28). The van der Waals surface area contributed by atoms with Gasteiger partial charge in [0.2, 0.25) is 0 Å². The quantitative estimate of drug-likeness (QED) is 0.407. The van der Waals surface area contributed by atoms with Crippen LogP contribution in [0.3, 0.4) is 0 Å². The summed E-state index contributed by atoms with van der Waals surface area (Å²) >= 11 is 0. The number of fused-ring (bicyclic) bond motifs is 1. The molecular weight excluding hydrogens is 442 g/mol. The van der Waals surface area contributed by atoms with Crippen LogP contribution in [0, 0.1) is 6.92 Å². The monoisotopic (exact) mass is 465 g/mol. The van der Waals surface area contributed by atoms with E-state index in [4.69, 9.17) is 9.15 Å². The second-order valence-electron chi connectivity index (χ2n) is 7.39. The predicted octanol–water partition coefficient (Wildman–Crippen LogP) is 4.76. The van der Waals surface area contributed by atoms with Crippen LogP contribution in [0.1, 0.15) is 28.7 Å². The predicted molar refractivity (Wildman–Crippen MR) is 126 cm³/mol. The first-order chi connectivity index (χ1) is 15.8. The van der Waals surface area contributed by atoms with E-state index >= 15 is 0 Å². The van der Waals surface area contributed by atoms with E-state index < -0.39 is 15.9 Å². The maximum atomic E-state index is 13.1. The van der Waals surface area contributed by atoms with Crippen molar-refractivity contribution in [3.63, 3.8) is 0 Å². The highest BCUT2D eigenvalue weighted by Gasteiger charge is 2.22. The van der Waals surface area contributed by atoms with Gasteiger partial charge in [0.25, 0.3) is 15.9 Å². The molecule has 0 aliphatic carbocycles. The van der Waals surface area contributed by atoms with Gasteiger partial charge in [0, 0.05) is 23.9 Å². The van der Waals surface area contributed by atoms with Crippen LogP contribution in [0.25, 0.3) is 11.1 Å². The topological polar surface area (TPSA) is 111 Å². The summed E-state index contributed by atoms with van der Waals surface area (Å²) in [6.07, 6.45) is 0.848. The average Bonchev–Trinajstić information content (AvgIpc) is 3.18. The van der Waals surface area contributed by atoms with Gasteiger partial charge in [-0.2, -0.15) is 0 Å². The Labute approximate surface area is 191 Å². The van der Waals surface area contributed by atoms with Gasteiger partial charge in [-0.1, -0.05) is 19.1 Å². The minimum Gasteiger partial charge on any atom is -0.495 e. The molecule has 0 aliphatic rings. The van der Waals surface area contributed by atoms with Crippen LogP contribution in [0.2, 0.25) is 0 Å². The van der Waals surface area contributed by atoms with E-state index in [0.29, 0.717) is 28.4 Å². The van der Waals surface area contributed by atoms with Gasteiger partial charge in [-0.3, -0.25) is 9.52 Å². The third-order valence-electron chi connectivity index (χ3n) is 5.08. The molecule has 0 atom stereocenters. The van der Waals surface area contributed by atoms with Crippen molar-refractivity contribution in [2.75, 3.05) is 17.1 Å². The molecule has 0 spiro atoms. The molecule has 1 aromatic heterocycles. The first kappa shape index (κ1) is 22.3. The highest BCUT2D eigenvalue weighted by atomic mass is 32.2. The lowest BCUT2D eigenvalue weighted by atomic mass is 10.2. The molecule has 4 rings (SSSR count). The third kappa shape index (κ3) is 4.83. The first-order valence-electron chi connectivity index (χ1n) is 10.3. The van der Waals surface area contributed by atoms with Crippen molar-refractivity contribution in [3.8, 4) is 5.75 Å². The smallest absolute Gasteiger partial charge is 0.265 e. The van der Waals surface area contributed by atoms with Crippen LogP contribution in [0.5, 0.6) is 5.75 Å². The Bertz CT molecular complexity index is 1430. The molecule has 33 heavy (non-hydrogen) atoms. The van der Waals surface area contributed by atoms with Crippen molar-refractivity contribution in [3.05, 3.63) is 77.7 Å². The Kier molecular flexibility index (Phi) is 6.06. The second kappa shape index (κ2) is 8.95. The normalized spacial score (nSPS) is 11.4. The largest absolute Gasteiger partial charge is 0.495 e. The van der Waals surface area contributed by atoms with Crippen molar-refractivity contribution in [2.24, 2.45) is 0 Å². The van der Waals surface area contributed by atoms with Crippen molar-refractivity contribution in [1.82, 2.24) is 4.98 Å². The molecule has 8 nitrogen and oxygen atoms in total. The fourth-order valence-electron chi connectivity index (χ4n) is 3.37. The second-order valence-corrected chi connectivity index (χ2v) is 9.04. The van der Waals surface area contributed by atoms with E-state index in [1.165, 1.54) is 25.3 Å². The zero-order valence-electron chi connectivity index (χ0n) is 18.4. The number of carbonyl (C=O) groups is 1. The number of nitrogens with zero attached hydrogens (tertiary/aromatic N) is 1. The Balaban J connectivity index is 1.61. The van der Waals surface area contributed by atoms with E-state index in [-0.39, 0.29) is 16.2 Å². The van der Waals surface area contributed by atoms with Gasteiger partial charge >= 0.3 is 0 Å². The number of nitrogens with one attached hydrogen (secondary N) is 2. The molecule has 0 bridgehead atoms. The molecule has 0 fully saturated rings. The number of ether oxygens (including phenoxy) is 1. The van der Waals surface area contributed by atoms with E-state index in [0.717, 1.165) is 12.0 Å². The maximum Gasteiger partial charge on any atom is 0.265 e. The third-order valence-corrected chi connectivity index (χ3v) is 6.48. The Morgan fingerprint density at radius 1 is 1.03 bits per heavy atom. The lowest BCUT2D eigenvalue weighted by Gasteiger charge is -2.13. The molecule has 0 saturated carbocycles. The number of hydrogen-bond acceptors (Lipinski definition) is 6. The van der Waals surface area contributed by atoms with Gasteiger partial charge in [-0.15, -0.1) is 0 Å². The molecule has 9 heteroatoms. The summed E-state index contributed by atoms with van der Waals surface area (Å²) in [7, 11) is -2.63. The van der Waals surface area contributed by atoms with Crippen molar-refractivity contribution in [2.45, 2.75) is 25.2 Å². The number of amides is 1. The van der Waals surface area contributed by atoms with Crippen LogP contribution < -0.4 is 14.8 Å². The van der Waals surface area contributed by atoms with Gasteiger partial charge in [-0.05, 0) is 60.5 Å². The number of benzene rings is 3. The zero-order valence-corrected chi connectivity index (χ0v) is 19.2. The molecule has 0 unspecified atom stereocenters. The van der Waals surface area contributed by atoms with Gasteiger partial charge in [0.1, 0.15) is 16.2 Å². The highest BCUT2D eigenvalue weighted by Crippen LogP contribution is 2.28. The summed E-state index contributed by atoms with van der Waals surface area (Å²) in [5, 5.41) is 2.76. The maximum absolute atomic E-state index is 13.1. The van der Waals surface area contributed by atoms with Crippen LogP contribution in [-0.4, -0.2) is 26.4 Å². The summed E-state index contributed by atoms with van der Waals surface area (Å²) in [5.74, 6) is 0.181. The molecule has 1 heterocycles. The number of hydrogen-bond donors (Lipinski definition) is 2.